The van der Waals surface area contributed by atoms with Crippen LogP contribution in [-0.4, -0.2) is 15.0 Å². The van der Waals surface area contributed by atoms with Crippen molar-refractivity contribution in [1.82, 2.24) is 15.0 Å². The SMILES string of the molecule is c1ccc2c(c1)ccc1ccc3ccc(-c4ccc(-c5cnc6c(ccc7cccnc76)c5)c5cccnc45)cc3c12. The van der Waals surface area contributed by atoms with Gasteiger partial charge in [-0.2, -0.15) is 0 Å². The first-order chi connectivity index (χ1) is 20.8. The molecule has 3 nitrogen and oxygen atoms in total. The first kappa shape index (κ1) is 23.1. The Bertz CT molecular complexity index is 2530. The highest BCUT2D eigenvalue weighted by atomic mass is 14.7. The van der Waals surface area contributed by atoms with Crippen LogP contribution in [0.2, 0.25) is 0 Å². The van der Waals surface area contributed by atoms with Crippen molar-refractivity contribution in [2.75, 3.05) is 0 Å². The van der Waals surface area contributed by atoms with Crippen molar-refractivity contribution in [3.05, 3.63) is 140 Å². The van der Waals surface area contributed by atoms with Crippen LogP contribution in [0.3, 0.4) is 0 Å². The van der Waals surface area contributed by atoms with Gasteiger partial charge in [0.05, 0.1) is 16.6 Å². The summed E-state index contributed by atoms with van der Waals surface area (Å²) in [4.78, 5) is 14.4. The molecule has 9 aromatic rings. The van der Waals surface area contributed by atoms with Crippen LogP contribution in [0.25, 0.3) is 87.3 Å². The molecule has 0 saturated carbocycles. The minimum absolute atomic E-state index is 0.923. The Labute approximate surface area is 241 Å². The molecule has 0 aliphatic rings. The molecule has 0 radical (unpaired) electrons. The molecule has 0 saturated heterocycles. The molecule has 0 N–H and O–H groups in total. The first-order valence-corrected chi connectivity index (χ1v) is 14.2. The van der Waals surface area contributed by atoms with Crippen molar-refractivity contribution in [1.29, 1.82) is 0 Å². The van der Waals surface area contributed by atoms with Crippen molar-refractivity contribution in [3.8, 4) is 22.3 Å². The maximum absolute atomic E-state index is 4.91. The fourth-order valence-corrected chi connectivity index (χ4v) is 6.53. The third-order valence-electron chi connectivity index (χ3n) is 8.54. The van der Waals surface area contributed by atoms with Gasteiger partial charge in [-0.25, -0.2) is 0 Å². The van der Waals surface area contributed by atoms with Crippen molar-refractivity contribution in [2.45, 2.75) is 0 Å². The van der Waals surface area contributed by atoms with Gasteiger partial charge in [-0.3, -0.25) is 15.0 Å². The van der Waals surface area contributed by atoms with Crippen LogP contribution >= 0.6 is 0 Å². The number of rotatable bonds is 2. The lowest BCUT2D eigenvalue weighted by Crippen LogP contribution is -1.91. The Morgan fingerprint density at radius 1 is 0.357 bits per heavy atom. The van der Waals surface area contributed by atoms with Gasteiger partial charge in [0.15, 0.2) is 0 Å². The molecule has 3 heterocycles. The summed E-state index contributed by atoms with van der Waals surface area (Å²) in [5, 5.41) is 10.9. The van der Waals surface area contributed by atoms with Crippen LogP contribution in [0, 0.1) is 0 Å². The number of aromatic nitrogens is 3. The van der Waals surface area contributed by atoms with E-state index in [0.717, 1.165) is 55.0 Å². The summed E-state index contributed by atoms with van der Waals surface area (Å²) in [7, 11) is 0. The largest absolute Gasteiger partial charge is 0.256 e. The fourth-order valence-electron chi connectivity index (χ4n) is 6.53. The van der Waals surface area contributed by atoms with Crippen LogP contribution in [0.15, 0.2) is 140 Å². The van der Waals surface area contributed by atoms with Crippen molar-refractivity contribution in [3.63, 3.8) is 0 Å². The molecular weight excluding hydrogens is 510 g/mol. The van der Waals surface area contributed by atoms with Crippen LogP contribution in [0.5, 0.6) is 0 Å². The second-order valence-corrected chi connectivity index (χ2v) is 10.9. The predicted octanol–water partition coefficient (Wildman–Crippen LogP) is 10.1. The normalized spacial score (nSPS) is 11.8. The molecule has 0 aliphatic heterocycles. The quantitative estimate of drug-likeness (QED) is 0.208. The summed E-state index contributed by atoms with van der Waals surface area (Å²) in [5.41, 5.74) is 7.31. The minimum Gasteiger partial charge on any atom is -0.256 e. The lowest BCUT2D eigenvalue weighted by Gasteiger charge is -2.13. The van der Waals surface area contributed by atoms with E-state index >= 15 is 0 Å². The molecule has 3 heteroatoms. The predicted molar refractivity (Wildman–Crippen MR) is 176 cm³/mol. The number of benzene rings is 6. The molecule has 194 valence electrons. The van der Waals surface area contributed by atoms with E-state index < -0.39 is 0 Å². The van der Waals surface area contributed by atoms with Crippen LogP contribution < -0.4 is 0 Å². The molecule has 3 aromatic heterocycles. The lowest BCUT2D eigenvalue weighted by atomic mass is 9.92. The number of pyridine rings is 3. The molecule has 9 rings (SSSR count). The summed E-state index contributed by atoms with van der Waals surface area (Å²) in [6, 6.07) is 43.4. The van der Waals surface area contributed by atoms with E-state index in [1.807, 2.05) is 30.7 Å². The van der Waals surface area contributed by atoms with Crippen LogP contribution in [0.1, 0.15) is 0 Å². The highest BCUT2D eigenvalue weighted by Gasteiger charge is 2.14. The van der Waals surface area contributed by atoms with E-state index in [9.17, 15) is 0 Å². The zero-order valence-electron chi connectivity index (χ0n) is 22.6. The van der Waals surface area contributed by atoms with Gasteiger partial charge in [0, 0.05) is 45.9 Å². The van der Waals surface area contributed by atoms with E-state index in [2.05, 4.69) is 114 Å². The summed E-state index contributed by atoms with van der Waals surface area (Å²) in [6.07, 6.45) is 5.68. The molecule has 0 atom stereocenters. The highest BCUT2D eigenvalue weighted by molar-refractivity contribution is 6.21. The van der Waals surface area contributed by atoms with Crippen molar-refractivity contribution >= 4 is 65.0 Å². The molecule has 6 aromatic carbocycles. The summed E-state index contributed by atoms with van der Waals surface area (Å²) in [5.74, 6) is 0. The Kier molecular flexibility index (Phi) is 4.90. The number of nitrogens with zero attached hydrogens (tertiary/aromatic N) is 3. The Balaban J connectivity index is 1.25. The van der Waals surface area contributed by atoms with Crippen molar-refractivity contribution in [2.24, 2.45) is 0 Å². The van der Waals surface area contributed by atoms with Gasteiger partial charge >= 0.3 is 0 Å². The summed E-state index contributed by atoms with van der Waals surface area (Å²) >= 11 is 0. The minimum atomic E-state index is 0.923. The molecule has 0 fully saturated rings. The summed E-state index contributed by atoms with van der Waals surface area (Å²) < 4.78 is 0. The molecule has 0 amide bonds. The van der Waals surface area contributed by atoms with Crippen LogP contribution in [0.4, 0.5) is 0 Å². The second-order valence-electron chi connectivity index (χ2n) is 10.9. The number of hydrogen-bond donors (Lipinski definition) is 0. The standard InChI is InChI=1S/C39H23N3/c1-2-7-32-24(5-1)9-12-26-13-10-25-11-15-28(22-35(25)36(26)32)33-18-17-31(34-8-4-20-41-39(33)34)30-21-29-16-14-27-6-3-19-40-37(27)38(29)42-23-30/h1-23H. The van der Waals surface area contributed by atoms with E-state index in [-0.39, 0.29) is 0 Å². The van der Waals surface area contributed by atoms with Gasteiger partial charge in [-0.1, -0.05) is 97.1 Å². The number of hydrogen-bond acceptors (Lipinski definition) is 3. The Morgan fingerprint density at radius 3 is 1.93 bits per heavy atom. The Hall–Kier alpha value is -5.67. The molecule has 0 bridgehead atoms. The molecule has 0 unspecified atom stereocenters. The average Bonchev–Trinajstić information content (AvgIpc) is 3.07. The molecular formula is C39H23N3. The maximum Gasteiger partial charge on any atom is 0.0964 e. The van der Waals surface area contributed by atoms with Crippen molar-refractivity contribution < 1.29 is 0 Å². The first-order valence-electron chi connectivity index (χ1n) is 14.2. The third kappa shape index (κ3) is 3.44. The van der Waals surface area contributed by atoms with Gasteiger partial charge in [0.1, 0.15) is 0 Å². The zero-order chi connectivity index (χ0) is 27.6. The van der Waals surface area contributed by atoms with Gasteiger partial charge in [0.25, 0.3) is 0 Å². The topological polar surface area (TPSA) is 38.7 Å². The van der Waals surface area contributed by atoms with Gasteiger partial charge in [-0.05, 0) is 67.7 Å². The van der Waals surface area contributed by atoms with E-state index in [4.69, 9.17) is 9.97 Å². The van der Waals surface area contributed by atoms with Gasteiger partial charge in [-0.15, -0.1) is 0 Å². The molecule has 0 aliphatic carbocycles. The van der Waals surface area contributed by atoms with Crippen LogP contribution in [-0.2, 0) is 0 Å². The molecule has 0 spiro atoms. The summed E-state index contributed by atoms with van der Waals surface area (Å²) in [6.45, 7) is 0. The van der Waals surface area contributed by atoms with Gasteiger partial charge < -0.3 is 0 Å². The van der Waals surface area contributed by atoms with E-state index in [1.165, 1.54) is 32.3 Å². The second kappa shape index (κ2) is 8.92. The smallest absolute Gasteiger partial charge is 0.0964 e. The van der Waals surface area contributed by atoms with Gasteiger partial charge in [0.2, 0.25) is 0 Å². The highest BCUT2D eigenvalue weighted by Crippen LogP contribution is 2.39. The lowest BCUT2D eigenvalue weighted by molar-refractivity contribution is 1.37. The molecule has 42 heavy (non-hydrogen) atoms. The van der Waals surface area contributed by atoms with E-state index in [1.54, 1.807) is 0 Å². The van der Waals surface area contributed by atoms with E-state index in [0.29, 0.717) is 0 Å². The number of fused-ring (bicyclic) bond motifs is 9. The average molecular weight is 534 g/mol. The Morgan fingerprint density at radius 2 is 1.00 bits per heavy atom. The monoisotopic (exact) mass is 533 g/mol. The maximum atomic E-state index is 4.91. The zero-order valence-corrected chi connectivity index (χ0v) is 22.6. The third-order valence-corrected chi connectivity index (χ3v) is 8.54. The fraction of sp³-hybridized carbons (Fsp3) is 0.